The molecule has 1 atom stereocenters. The van der Waals surface area contributed by atoms with Crippen LogP contribution in [0.4, 0.5) is 13.2 Å². The lowest BCUT2D eigenvalue weighted by molar-refractivity contribution is -0.137. The molecule has 0 bridgehead atoms. The molecule has 1 N–H and O–H groups in total. The molecule has 1 aliphatic rings. The molecule has 0 aromatic heterocycles. The molecule has 3 rings (SSSR count). The van der Waals surface area contributed by atoms with Gasteiger partial charge in [-0.15, -0.1) is 12.4 Å². The van der Waals surface area contributed by atoms with Crippen LogP contribution in [0.1, 0.15) is 22.8 Å². The van der Waals surface area contributed by atoms with Crippen molar-refractivity contribution in [3.8, 4) is 11.1 Å². The third kappa shape index (κ3) is 3.74. The Balaban J connectivity index is 0.00000208. The van der Waals surface area contributed by atoms with E-state index >= 15 is 0 Å². The number of fused-ring (bicyclic) bond motifs is 1. The molecule has 0 saturated carbocycles. The topological polar surface area (TPSA) is 21.3 Å². The highest BCUT2D eigenvalue weighted by atomic mass is 35.5. The minimum absolute atomic E-state index is 0. The maximum atomic E-state index is 12.7. The average Bonchev–Trinajstić information content (AvgIpc) is 2.54. The molecule has 0 amide bonds. The summed E-state index contributed by atoms with van der Waals surface area (Å²) in [6.07, 6.45) is -3.55. The second-order valence-electron chi connectivity index (χ2n) is 5.62. The van der Waals surface area contributed by atoms with Gasteiger partial charge in [0.15, 0.2) is 0 Å². The van der Waals surface area contributed by atoms with E-state index in [-0.39, 0.29) is 18.5 Å². The first-order valence-electron chi connectivity index (χ1n) is 7.56. The van der Waals surface area contributed by atoms with Gasteiger partial charge in [0, 0.05) is 6.54 Å². The zero-order valence-corrected chi connectivity index (χ0v) is 14.0. The Hall–Kier alpha value is -1.56. The highest BCUT2D eigenvalue weighted by molar-refractivity contribution is 5.85. The second kappa shape index (κ2) is 7.55. The minimum atomic E-state index is -4.31. The standard InChI is InChI=1S/C18H18F3NO.ClH/c1-22-11-17-16-4-2-3-14(15(16)9-10-23-17)12-5-7-13(8-6-12)18(19,20)21;/h2-8,17,22H,9-11H2,1H3;1H. The smallest absolute Gasteiger partial charge is 0.372 e. The van der Waals surface area contributed by atoms with Crippen molar-refractivity contribution in [2.75, 3.05) is 20.2 Å². The predicted octanol–water partition coefficient (Wildman–Crippen LogP) is 4.63. The van der Waals surface area contributed by atoms with Crippen LogP contribution in [0, 0.1) is 0 Å². The lowest BCUT2D eigenvalue weighted by Crippen LogP contribution is -2.25. The number of hydrogen-bond donors (Lipinski definition) is 1. The number of rotatable bonds is 3. The third-order valence-electron chi connectivity index (χ3n) is 4.14. The normalized spacial score (nSPS) is 17.1. The predicted molar refractivity (Wildman–Crippen MR) is 90.5 cm³/mol. The summed E-state index contributed by atoms with van der Waals surface area (Å²) in [6, 6.07) is 11.3. The van der Waals surface area contributed by atoms with Crippen molar-refractivity contribution in [2.45, 2.75) is 18.7 Å². The number of halogens is 4. The number of alkyl halides is 3. The highest BCUT2D eigenvalue weighted by Gasteiger charge is 2.30. The van der Waals surface area contributed by atoms with E-state index in [1.165, 1.54) is 5.56 Å². The molecule has 0 saturated heterocycles. The molecule has 2 nitrogen and oxygen atoms in total. The van der Waals surface area contributed by atoms with Crippen molar-refractivity contribution < 1.29 is 17.9 Å². The van der Waals surface area contributed by atoms with Crippen LogP contribution in [0.15, 0.2) is 42.5 Å². The van der Waals surface area contributed by atoms with Gasteiger partial charge in [0.25, 0.3) is 0 Å². The maximum absolute atomic E-state index is 12.7. The van der Waals surface area contributed by atoms with Crippen LogP contribution in [0.5, 0.6) is 0 Å². The molecule has 0 fully saturated rings. The molecule has 1 aliphatic heterocycles. The van der Waals surface area contributed by atoms with Gasteiger partial charge in [-0.3, -0.25) is 0 Å². The Morgan fingerprint density at radius 1 is 1.12 bits per heavy atom. The van der Waals surface area contributed by atoms with E-state index < -0.39 is 11.7 Å². The van der Waals surface area contributed by atoms with Crippen molar-refractivity contribution in [3.05, 3.63) is 59.2 Å². The highest BCUT2D eigenvalue weighted by Crippen LogP contribution is 2.36. The summed E-state index contributed by atoms with van der Waals surface area (Å²) in [5, 5.41) is 3.11. The van der Waals surface area contributed by atoms with Crippen LogP contribution in [0.3, 0.4) is 0 Å². The Bertz CT molecular complexity index is 686. The van der Waals surface area contributed by atoms with Gasteiger partial charge >= 0.3 is 6.18 Å². The lowest BCUT2D eigenvalue weighted by atomic mass is 9.89. The van der Waals surface area contributed by atoms with E-state index in [1.54, 1.807) is 12.1 Å². The zero-order valence-electron chi connectivity index (χ0n) is 13.2. The Kier molecular flexibility index (Phi) is 5.91. The summed E-state index contributed by atoms with van der Waals surface area (Å²) in [7, 11) is 1.87. The summed E-state index contributed by atoms with van der Waals surface area (Å²) in [4.78, 5) is 0. The van der Waals surface area contributed by atoms with Gasteiger partial charge in [0.05, 0.1) is 18.3 Å². The van der Waals surface area contributed by atoms with E-state index in [1.807, 2.05) is 25.2 Å². The van der Waals surface area contributed by atoms with E-state index in [0.717, 1.165) is 35.2 Å². The van der Waals surface area contributed by atoms with Crippen LogP contribution < -0.4 is 5.32 Å². The van der Waals surface area contributed by atoms with Crippen LogP contribution >= 0.6 is 12.4 Å². The fourth-order valence-electron chi connectivity index (χ4n) is 3.04. The molecule has 2 aromatic rings. The summed E-state index contributed by atoms with van der Waals surface area (Å²) in [5.74, 6) is 0. The quantitative estimate of drug-likeness (QED) is 0.865. The lowest BCUT2D eigenvalue weighted by Gasteiger charge is -2.28. The summed E-state index contributed by atoms with van der Waals surface area (Å²) < 4.78 is 43.9. The monoisotopic (exact) mass is 357 g/mol. The number of hydrogen-bond acceptors (Lipinski definition) is 2. The molecule has 1 unspecified atom stereocenters. The molecule has 1 heterocycles. The molecular weight excluding hydrogens is 339 g/mol. The molecule has 130 valence electrons. The fourth-order valence-corrected chi connectivity index (χ4v) is 3.04. The van der Waals surface area contributed by atoms with Gasteiger partial charge in [-0.05, 0) is 47.9 Å². The van der Waals surface area contributed by atoms with Crippen LogP contribution in [-0.4, -0.2) is 20.2 Å². The minimum Gasteiger partial charge on any atom is -0.372 e. The van der Waals surface area contributed by atoms with E-state index in [0.29, 0.717) is 13.2 Å². The summed E-state index contributed by atoms with van der Waals surface area (Å²) >= 11 is 0. The Labute approximate surface area is 145 Å². The van der Waals surface area contributed by atoms with E-state index in [9.17, 15) is 13.2 Å². The first kappa shape index (κ1) is 18.8. The van der Waals surface area contributed by atoms with Crippen LogP contribution in [-0.2, 0) is 17.3 Å². The number of likely N-dealkylation sites (N-methyl/N-ethyl adjacent to an activating group) is 1. The molecule has 2 aromatic carbocycles. The number of ether oxygens (including phenoxy) is 1. The van der Waals surface area contributed by atoms with Crippen molar-refractivity contribution in [3.63, 3.8) is 0 Å². The largest absolute Gasteiger partial charge is 0.416 e. The van der Waals surface area contributed by atoms with Gasteiger partial charge in [0.2, 0.25) is 0 Å². The fraction of sp³-hybridized carbons (Fsp3) is 0.333. The van der Waals surface area contributed by atoms with Crippen molar-refractivity contribution in [1.82, 2.24) is 5.32 Å². The number of nitrogens with one attached hydrogen (secondary N) is 1. The Morgan fingerprint density at radius 3 is 2.46 bits per heavy atom. The van der Waals surface area contributed by atoms with E-state index in [4.69, 9.17) is 4.74 Å². The molecule has 6 heteroatoms. The van der Waals surface area contributed by atoms with Crippen LogP contribution in [0.25, 0.3) is 11.1 Å². The summed E-state index contributed by atoms with van der Waals surface area (Å²) in [5.41, 5.74) is 3.45. The van der Waals surface area contributed by atoms with Gasteiger partial charge < -0.3 is 10.1 Å². The van der Waals surface area contributed by atoms with Crippen molar-refractivity contribution in [2.24, 2.45) is 0 Å². The third-order valence-corrected chi connectivity index (χ3v) is 4.14. The summed E-state index contributed by atoms with van der Waals surface area (Å²) in [6.45, 7) is 1.33. The van der Waals surface area contributed by atoms with Crippen molar-refractivity contribution >= 4 is 12.4 Å². The first-order valence-corrected chi connectivity index (χ1v) is 7.56. The average molecular weight is 358 g/mol. The van der Waals surface area contributed by atoms with Gasteiger partial charge in [-0.2, -0.15) is 13.2 Å². The van der Waals surface area contributed by atoms with Crippen LogP contribution in [0.2, 0.25) is 0 Å². The SMILES string of the molecule is CNCC1OCCc2c(-c3ccc(C(F)(F)F)cc3)cccc21.Cl. The first-order chi connectivity index (χ1) is 11.0. The number of benzene rings is 2. The van der Waals surface area contributed by atoms with E-state index in [2.05, 4.69) is 5.32 Å². The molecule has 0 spiro atoms. The van der Waals surface area contributed by atoms with Gasteiger partial charge in [0.1, 0.15) is 0 Å². The Morgan fingerprint density at radius 2 is 1.83 bits per heavy atom. The molecule has 24 heavy (non-hydrogen) atoms. The van der Waals surface area contributed by atoms with Crippen molar-refractivity contribution in [1.29, 1.82) is 0 Å². The maximum Gasteiger partial charge on any atom is 0.416 e. The zero-order chi connectivity index (χ0) is 16.4. The van der Waals surface area contributed by atoms with Gasteiger partial charge in [-0.1, -0.05) is 30.3 Å². The molecule has 0 radical (unpaired) electrons. The van der Waals surface area contributed by atoms with Gasteiger partial charge in [-0.25, -0.2) is 0 Å². The second-order valence-corrected chi connectivity index (χ2v) is 5.62. The molecular formula is C18H19ClF3NO. The molecule has 0 aliphatic carbocycles.